The van der Waals surface area contributed by atoms with E-state index in [9.17, 15) is 0 Å². The number of hydrogen-bond donors (Lipinski definition) is 0. The van der Waals surface area contributed by atoms with Crippen molar-refractivity contribution in [2.45, 2.75) is 39.4 Å². The third-order valence-electron chi connectivity index (χ3n) is 3.01. The lowest BCUT2D eigenvalue weighted by atomic mass is 10.2. The van der Waals surface area contributed by atoms with Crippen LogP contribution in [-0.4, -0.2) is 27.0 Å². The molecular weight excluding hydrogens is 162 g/mol. The van der Waals surface area contributed by atoms with E-state index in [2.05, 4.69) is 28.3 Å². The van der Waals surface area contributed by atoms with Gasteiger partial charge in [0.1, 0.15) is 0 Å². The molecule has 2 heterocycles. The van der Waals surface area contributed by atoms with Gasteiger partial charge in [-0.15, -0.1) is 0 Å². The van der Waals surface area contributed by atoms with Crippen molar-refractivity contribution in [1.29, 1.82) is 0 Å². The number of imidazole rings is 1. The van der Waals surface area contributed by atoms with Gasteiger partial charge in [-0.1, -0.05) is 6.92 Å². The van der Waals surface area contributed by atoms with Gasteiger partial charge in [0, 0.05) is 31.9 Å². The Bertz CT molecular complexity index is 279. The van der Waals surface area contributed by atoms with E-state index in [1.165, 1.54) is 18.7 Å². The van der Waals surface area contributed by atoms with Crippen molar-refractivity contribution in [2.75, 3.05) is 6.54 Å². The van der Waals surface area contributed by atoms with Crippen LogP contribution in [0.3, 0.4) is 0 Å². The zero-order valence-corrected chi connectivity index (χ0v) is 8.40. The van der Waals surface area contributed by atoms with Crippen LogP contribution < -0.4 is 0 Å². The fourth-order valence-corrected chi connectivity index (χ4v) is 1.84. The minimum atomic E-state index is 0.698. The molecule has 0 N–H and O–H groups in total. The third kappa shape index (κ3) is 1.61. The predicted molar refractivity (Wildman–Crippen MR) is 52.4 cm³/mol. The zero-order chi connectivity index (χ0) is 9.26. The Balaban J connectivity index is 2.08. The predicted octanol–water partition coefficient (Wildman–Crippen LogP) is 1.50. The molecule has 72 valence electrons. The first-order valence-corrected chi connectivity index (χ1v) is 5.04. The van der Waals surface area contributed by atoms with E-state index in [4.69, 9.17) is 0 Å². The van der Waals surface area contributed by atoms with E-state index < -0.39 is 0 Å². The van der Waals surface area contributed by atoms with Crippen molar-refractivity contribution in [3.8, 4) is 0 Å². The molecule has 0 spiro atoms. The Morgan fingerprint density at radius 3 is 3.15 bits per heavy atom. The molecule has 0 aliphatic carbocycles. The molecule has 1 unspecified atom stereocenters. The van der Waals surface area contributed by atoms with Gasteiger partial charge < -0.3 is 4.57 Å². The number of nitrogens with zero attached hydrogens (tertiary/aromatic N) is 3. The minimum Gasteiger partial charge on any atom is -0.332 e. The van der Waals surface area contributed by atoms with Crippen LogP contribution in [0.15, 0.2) is 12.5 Å². The van der Waals surface area contributed by atoms with Crippen molar-refractivity contribution in [1.82, 2.24) is 14.5 Å². The normalized spacial score (nSPS) is 19.8. The van der Waals surface area contributed by atoms with Crippen molar-refractivity contribution in [3.63, 3.8) is 0 Å². The molecule has 0 saturated heterocycles. The van der Waals surface area contributed by atoms with Gasteiger partial charge in [0.25, 0.3) is 0 Å². The molecule has 0 radical (unpaired) electrons. The van der Waals surface area contributed by atoms with E-state index in [-0.39, 0.29) is 0 Å². The summed E-state index contributed by atoms with van der Waals surface area (Å²) in [4.78, 5) is 6.68. The Morgan fingerprint density at radius 2 is 2.38 bits per heavy atom. The van der Waals surface area contributed by atoms with Crippen LogP contribution in [0.5, 0.6) is 0 Å². The van der Waals surface area contributed by atoms with E-state index in [0.717, 1.165) is 13.1 Å². The molecule has 0 bridgehead atoms. The van der Waals surface area contributed by atoms with Crippen LogP contribution >= 0.6 is 0 Å². The molecule has 1 atom stereocenters. The number of hydrogen-bond acceptors (Lipinski definition) is 2. The molecule has 0 amide bonds. The molecule has 13 heavy (non-hydrogen) atoms. The second-order valence-electron chi connectivity index (χ2n) is 3.81. The zero-order valence-electron chi connectivity index (χ0n) is 8.40. The maximum Gasteiger partial charge on any atom is 0.0949 e. The summed E-state index contributed by atoms with van der Waals surface area (Å²) in [5.41, 5.74) is 1.35. The lowest BCUT2D eigenvalue weighted by Gasteiger charge is -2.32. The summed E-state index contributed by atoms with van der Waals surface area (Å²) < 4.78 is 2.25. The molecule has 1 aromatic heterocycles. The van der Waals surface area contributed by atoms with Crippen LogP contribution in [0.1, 0.15) is 26.0 Å². The standard InChI is InChI=1S/C10H17N3/c1-3-9(2)12-4-5-13-8-11-6-10(13)7-12/h6,8-9H,3-5,7H2,1-2H3. The highest BCUT2D eigenvalue weighted by Crippen LogP contribution is 2.15. The highest BCUT2D eigenvalue weighted by Gasteiger charge is 2.18. The van der Waals surface area contributed by atoms with E-state index >= 15 is 0 Å². The van der Waals surface area contributed by atoms with E-state index in [0.29, 0.717) is 6.04 Å². The second-order valence-corrected chi connectivity index (χ2v) is 3.81. The van der Waals surface area contributed by atoms with Crippen molar-refractivity contribution in [2.24, 2.45) is 0 Å². The highest BCUT2D eigenvalue weighted by atomic mass is 15.2. The van der Waals surface area contributed by atoms with Crippen molar-refractivity contribution < 1.29 is 0 Å². The Hall–Kier alpha value is -0.830. The monoisotopic (exact) mass is 179 g/mol. The maximum absolute atomic E-state index is 4.16. The average Bonchev–Trinajstić information content (AvgIpc) is 2.63. The number of rotatable bonds is 2. The van der Waals surface area contributed by atoms with E-state index in [1.807, 2.05) is 12.5 Å². The molecule has 2 rings (SSSR count). The summed E-state index contributed by atoms with van der Waals surface area (Å²) in [6, 6.07) is 0.698. The number of aromatic nitrogens is 2. The topological polar surface area (TPSA) is 21.1 Å². The average molecular weight is 179 g/mol. The summed E-state index contributed by atoms with van der Waals surface area (Å²) in [5.74, 6) is 0. The van der Waals surface area contributed by atoms with Gasteiger partial charge in [-0.25, -0.2) is 4.98 Å². The first-order chi connectivity index (χ1) is 6.31. The minimum absolute atomic E-state index is 0.698. The first kappa shape index (κ1) is 8.75. The molecule has 3 heteroatoms. The summed E-state index contributed by atoms with van der Waals surface area (Å²) in [6.07, 6.45) is 5.14. The quantitative estimate of drug-likeness (QED) is 0.686. The SMILES string of the molecule is CCC(C)N1CCn2cncc2C1. The summed E-state index contributed by atoms with van der Waals surface area (Å²) in [5, 5.41) is 0. The smallest absolute Gasteiger partial charge is 0.0949 e. The molecule has 1 aliphatic heterocycles. The van der Waals surface area contributed by atoms with Crippen LogP contribution in [0, 0.1) is 0 Å². The second kappa shape index (κ2) is 3.50. The van der Waals surface area contributed by atoms with Crippen LogP contribution in [-0.2, 0) is 13.1 Å². The van der Waals surface area contributed by atoms with Crippen LogP contribution in [0.2, 0.25) is 0 Å². The van der Waals surface area contributed by atoms with Gasteiger partial charge >= 0.3 is 0 Å². The van der Waals surface area contributed by atoms with Gasteiger partial charge in [0.05, 0.1) is 12.0 Å². The number of fused-ring (bicyclic) bond motifs is 1. The molecule has 0 aromatic carbocycles. The molecular formula is C10H17N3. The van der Waals surface area contributed by atoms with E-state index in [1.54, 1.807) is 0 Å². The molecule has 0 saturated carbocycles. The van der Waals surface area contributed by atoms with Gasteiger partial charge in [0.2, 0.25) is 0 Å². The van der Waals surface area contributed by atoms with Crippen molar-refractivity contribution >= 4 is 0 Å². The molecule has 1 aromatic rings. The molecule has 0 fully saturated rings. The van der Waals surface area contributed by atoms with Gasteiger partial charge in [-0.2, -0.15) is 0 Å². The van der Waals surface area contributed by atoms with Crippen LogP contribution in [0.25, 0.3) is 0 Å². The summed E-state index contributed by atoms with van der Waals surface area (Å²) in [6.45, 7) is 7.87. The van der Waals surface area contributed by atoms with Crippen molar-refractivity contribution in [3.05, 3.63) is 18.2 Å². The van der Waals surface area contributed by atoms with Gasteiger partial charge in [-0.3, -0.25) is 4.90 Å². The summed E-state index contributed by atoms with van der Waals surface area (Å²) >= 11 is 0. The Morgan fingerprint density at radius 1 is 1.54 bits per heavy atom. The lowest BCUT2D eigenvalue weighted by molar-refractivity contribution is 0.162. The largest absolute Gasteiger partial charge is 0.332 e. The van der Waals surface area contributed by atoms with Gasteiger partial charge in [-0.05, 0) is 13.3 Å². The first-order valence-electron chi connectivity index (χ1n) is 5.04. The highest BCUT2D eigenvalue weighted by molar-refractivity contribution is 5.01. The van der Waals surface area contributed by atoms with Crippen LogP contribution in [0.4, 0.5) is 0 Å². The third-order valence-corrected chi connectivity index (χ3v) is 3.01. The lowest BCUT2D eigenvalue weighted by Crippen LogP contribution is -2.38. The fraction of sp³-hybridized carbons (Fsp3) is 0.700. The Kier molecular flexibility index (Phi) is 2.36. The molecule has 3 nitrogen and oxygen atoms in total. The molecule has 1 aliphatic rings. The summed E-state index contributed by atoms with van der Waals surface area (Å²) in [7, 11) is 0. The Labute approximate surface area is 79.4 Å². The van der Waals surface area contributed by atoms with Gasteiger partial charge in [0.15, 0.2) is 0 Å². The fourth-order valence-electron chi connectivity index (χ4n) is 1.84. The maximum atomic E-state index is 4.16.